The Hall–Kier alpha value is -2.34. The smallest absolute Gasteiger partial charge is 0.191 e. The highest BCUT2D eigenvalue weighted by molar-refractivity contribution is 7.91. The lowest BCUT2D eigenvalue weighted by Gasteiger charge is -2.19. The number of nitrogens with one attached hydrogen (secondary N) is 2. The van der Waals surface area contributed by atoms with Crippen molar-refractivity contribution in [3.8, 4) is 0 Å². The van der Waals surface area contributed by atoms with E-state index in [0.717, 1.165) is 19.4 Å². The molecule has 3 rings (SSSR count). The van der Waals surface area contributed by atoms with E-state index < -0.39 is 9.84 Å². The molecule has 138 valence electrons. The molecule has 1 saturated carbocycles. The van der Waals surface area contributed by atoms with Gasteiger partial charge in [-0.3, -0.25) is 4.99 Å². The van der Waals surface area contributed by atoms with E-state index in [-0.39, 0.29) is 11.2 Å². The second-order valence-electron chi connectivity index (χ2n) is 6.63. The van der Waals surface area contributed by atoms with Gasteiger partial charge in [0.15, 0.2) is 15.8 Å². The van der Waals surface area contributed by atoms with Crippen LogP contribution in [-0.4, -0.2) is 40.3 Å². The van der Waals surface area contributed by atoms with Gasteiger partial charge in [-0.05, 0) is 30.5 Å². The summed E-state index contributed by atoms with van der Waals surface area (Å²) in [5, 5.41) is 6.45. The molecule has 0 amide bonds. The van der Waals surface area contributed by atoms with Gasteiger partial charge < -0.3 is 10.6 Å². The fraction of sp³-hybridized carbons (Fsp3) is 0.350. The second kappa shape index (κ2) is 7.91. The molecule has 1 aliphatic carbocycles. The largest absolute Gasteiger partial charge is 0.356 e. The van der Waals surface area contributed by atoms with Crippen LogP contribution in [0.5, 0.6) is 0 Å². The summed E-state index contributed by atoms with van der Waals surface area (Å²) in [5.41, 5.74) is 1.52. The van der Waals surface area contributed by atoms with Gasteiger partial charge in [0.25, 0.3) is 0 Å². The standard InChI is InChI=1S/C20H25N3O2S/c1-21-19(22-14-15-26(24,25)18-10-6-3-7-11-18)23-16-20(12-13-20)17-8-4-2-5-9-17/h2-11H,12-16H2,1H3,(H2,21,22,23). The minimum Gasteiger partial charge on any atom is -0.356 e. The summed E-state index contributed by atoms with van der Waals surface area (Å²) in [6.07, 6.45) is 2.31. The molecule has 1 fully saturated rings. The van der Waals surface area contributed by atoms with Crippen molar-refractivity contribution in [2.45, 2.75) is 23.2 Å². The molecule has 2 N–H and O–H groups in total. The van der Waals surface area contributed by atoms with Crippen molar-refractivity contribution in [1.29, 1.82) is 0 Å². The Morgan fingerprint density at radius 1 is 1.00 bits per heavy atom. The van der Waals surface area contributed by atoms with Crippen molar-refractivity contribution in [2.24, 2.45) is 4.99 Å². The summed E-state index contributed by atoms with van der Waals surface area (Å²) in [6, 6.07) is 19.0. The molecule has 0 spiro atoms. The second-order valence-corrected chi connectivity index (χ2v) is 8.74. The normalized spacial score (nSPS) is 16.1. The Bertz CT molecular complexity index is 845. The first-order valence-electron chi connectivity index (χ1n) is 8.84. The van der Waals surface area contributed by atoms with Gasteiger partial charge in [0, 0.05) is 25.6 Å². The molecule has 1 aliphatic rings. The van der Waals surface area contributed by atoms with Gasteiger partial charge >= 0.3 is 0 Å². The molecule has 2 aromatic rings. The first-order valence-corrected chi connectivity index (χ1v) is 10.5. The Kier molecular flexibility index (Phi) is 5.61. The summed E-state index contributed by atoms with van der Waals surface area (Å²) in [7, 11) is -1.59. The number of sulfone groups is 1. The van der Waals surface area contributed by atoms with Crippen LogP contribution in [0.3, 0.4) is 0 Å². The van der Waals surface area contributed by atoms with Crippen LogP contribution in [0.2, 0.25) is 0 Å². The first-order chi connectivity index (χ1) is 12.6. The maximum Gasteiger partial charge on any atom is 0.191 e. The Morgan fingerprint density at radius 3 is 2.19 bits per heavy atom. The van der Waals surface area contributed by atoms with E-state index in [2.05, 4.69) is 39.9 Å². The van der Waals surface area contributed by atoms with Crippen LogP contribution in [0, 0.1) is 0 Å². The summed E-state index contributed by atoms with van der Waals surface area (Å²) in [4.78, 5) is 4.56. The van der Waals surface area contributed by atoms with Gasteiger partial charge in [-0.2, -0.15) is 0 Å². The predicted molar refractivity (Wildman–Crippen MR) is 105 cm³/mol. The van der Waals surface area contributed by atoms with E-state index in [1.54, 1.807) is 31.3 Å². The summed E-state index contributed by atoms with van der Waals surface area (Å²) in [5.74, 6) is 0.664. The van der Waals surface area contributed by atoms with Crippen LogP contribution in [0.4, 0.5) is 0 Å². The van der Waals surface area contributed by atoms with Crippen molar-refractivity contribution in [3.05, 3.63) is 66.2 Å². The van der Waals surface area contributed by atoms with Crippen LogP contribution in [0.25, 0.3) is 0 Å². The molecule has 0 heterocycles. The van der Waals surface area contributed by atoms with Crippen LogP contribution in [-0.2, 0) is 15.3 Å². The summed E-state index contributed by atoms with van der Waals surface area (Å²) >= 11 is 0. The van der Waals surface area contributed by atoms with E-state index in [1.807, 2.05) is 12.1 Å². The molecule has 0 atom stereocenters. The molecule has 5 nitrogen and oxygen atoms in total. The minimum atomic E-state index is -3.28. The lowest BCUT2D eigenvalue weighted by Crippen LogP contribution is -2.42. The predicted octanol–water partition coefficient (Wildman–Crippen LogP) is 2.36. The van der Waals surface area contributed by atoms with Gasteiger partial charge in [-0.1, -0.05) is 48.5 Å². The topological polar surface area (TPSA) is 70.6 Å². The molecule has 26 heavy (non-hydrogen) atoms. The van der Waals surface area contributed by atoms with E-state index in [9.17, 15) is 8.42 Å². The molecule has 0 radical (unpaired) electrons. The average molecular weight is 372 g/mol. The molecule has 0 aliphatic heterocycles. The van der Waals surface area contributed by atoms with Crippen molar-refractivity contribution in [1.82, 2.24) is 10.6 Å². The first kappa shape index (κ1) is 18.5. The van der Waals surface area contributed by atoms with E-state index in [0.29, 0.717) is 17.4 Å². The van der Waals surface area contributed by atoms with Crippen LogP contribution in [0.15, 0.2) is 70.6 Å². The highest BCUT2D eigenvalue weighted by Crippen LogP contribution is 2.47. The van der Waals surface area contributed by atoms with Gasteiger partial charge in [-0.25, -0.2) is 8.42 Å². The Morgan fingerprint density at radius 2 is 1.62 bits per heavy atom. The number of hydrogen-bond acceptors (Lipinski definition) is 3. The summed E-state index contributed by atoms with van der Waals surface area (Å²) < 4.78 is 24.6. The van der Waals surface area contributed by atoms with E-state index >= 15 is 0 Å². The zero-order valence-corrected chi connectivity index (χ0v) is 15.8. The molecular formula is C20H25N3O2S. The van der Waals surface area contributed by atoms with Crippen molar-refractivity contribution in [2.75, 3.05) is 25.9 Å². The third-order valence-electron chi connectivity index (χ3n) is 4.82. The van der Waals surface area contributed by atoms with Crippen LogP contribution < -0.4 is 10.6 Å². The van der Waals surface area contributed by atoms with Gasteiger partial charge in [0.2, 0.25) is 0 Å². The molecule has 0 saturated heterocycles. The highest BCUT2D eigenvalue weighted by atomic mass is 32.2. The van der Waals surface area contributed by atoms with Crippen LogP contribution in [0.1, 0.15) is 18.4 Å². The number of hydrogen-bond donors (Lipinski definition) is 2. The molecule has 0 unspecified atom stereocenters. The molecule has 6 heteroatoms. The highest BCUT2D eigenvalue weighted by Gasteiger charge is 2.43. The Labute approximate surface area is 155 Å². The lowest BCUT2D eigenvalue weighted by atomic mass is 9.96. The molecule has 0 aromatic heterocycles. The molecular weight excluding hydrogens is 346 g/mol. The lowest BCUT2D eigenvalue weighted by molar-refractivity contribution is 0.594. The zero-order chi connectivity index (χ0) is 18.5. The van der Waals surface area contributed by atoms with Crippen molar-refractivity contribution >= 4 is 15.8 Å². The third kappa shape index (κ3) is 4.43. The number of rotatable bonds is 7. The minimum absolute atomic E-state index is 0.0293. The fourth-order valence-electron chi connectivity index (χ4n) is 3.03. The van der Waals surface area contributed by atoms with Gasteiger partial charge in [0.05, 0.1) is 10.6 Å². The maximum absolute atomic E-state index is 12.3. The van der Waals surface area contributed by atoms with Crippen molar-refractivity contribution in [3.63, 3.8) is 0 Å². The summed E-state index contributed by atoms with van der Waals surface area (Å²) in [6.45, 7) is 1.11. The van der Waals surface area contributed by atoms with Gasteiger partial charge in [-0.15, -0.1) is 0 Å². The number of aliphatic imine (C=N–C) groups is 1. The van der Waals surface area contributed by atoms with E-state index in [1.165, 1.54) is 5.56 Å². The zero-order valence-electron chi connectivity index (χ0n) is 15.0. The Balaban J connectivity index is 1.50. The monoisotopic (exact) mass is 371 g/mol. The number of benzene rings is 2. The quantitative estimate of drug-likeness (QED) is 0.579. The van der Waals surface area contributed by atoms with E-state index in [4.69, 9.17) is 0 Å². The number of guanidine groups is 1. The van der Waals surface area contributed by atoms with Crippen molar-refractivity contribution < 1.29 is 8.42 Å². The fourth-order valence-corrected chi connectivity index (χ4v) is 4.21. The molecule has 0 bridgehead atoms. The third-order valence-corrected chi connectivity index (χ3v) is 6.56. The van der Waals surface area contributed by atoms with Crippen LogP contribution >= 0.6 is 0 Å². The molecule has 2 aromatic carbocycles. The number of nitrogens with zero attached hydrogens (tertiary/aromatic N) is 1. The van der Waals surface area contributed by atoms with Gasteiger partial charge in [0.1, 0.15) is 0 Å². The maximum atomic E-state index is 12.3. The SMILES string of the molecule is CN=C(NCCS(=O)(=O)c1ccccc1)NCC1(c2ccccc2)CC1. The average Bonchev–Trinajstić information content (AvgIpc) is 3.47.